The number of carbonyl (C=O) groups is 1. The summed E-state index contributed by atoms with van der Waals surface area (Å²) in [6.07, 6.45) is 6.37. The summed E-state index contributed by atoms with van der Waals surface area (Å²) in [5.74, 6) is 1.64. The number of nitrogens with zero attached hydrogens (tertiary/aromatic N) is 1. The molecule has 0 radical (unpaired) electrons. The van der Waals surface area contributed by atoms with Gasteiger partial charge >= 0.3 is 0 Å². The largest absolute Gasteiger partial charge is 0.497 e. The molecule has 1 aliphatic carbocycles. The lowest BCUT2D eigenvalue weighted by atomic mass is 9.79. The van der Waals surface area contributed by atoms with Gasteiger partial charge in [0.15, 0.2) is 0 Å². The van der Waals surface area contributed by atoms with Crippen LogP contribution in [0.5, 0.6) is 5.75 Å². The second-order valence-corrected chi connectivity index (χ2v) is 6.18. The number of hydrogen-bond acceptors (Lipinski definition) is 2. The van der Waals surface area contributed by atoms with Gasteiger partial charge in [0, 0.05) is 24.9 Å². The summed E-state index contributed by atoms with van der Waals surface area (Å²) < 4.78 is 5.38. The Balaban J connectivity index is 2.27. The van der Waals surface area contributed by atoms with Crippen molar-refractivity contribution in [2.75, 3.05) is 13.7 Å². The van der Waals surface area contributed by atoms with Crippen LogP contribution in [0.2, 0.25) is 0 Å². The highest BCUT2D eigenvalue weighted by Gasteiger charge is 2.32. The molecule has 1 aliphatic rings. The van der Waals surface area contributed by atoms with E-state index in [9.17, 15) is 4.79 Å². The first-order chi connectivity index (χ1) is 10.7. The van der Waals surface area contributed by atoms with Crippen molar-refractivity contribution in [3.05, 3.63) is 29.8 Å². The van der Waals surface area contributed by atoms with Gasteiger partial charge in [0.1, 0.15) is 5.75 Å². The molecule has 1 fully saturated rings. The van der Waals surface area contributed by atoms with E-state index >= 15 is 0 Å². The van der Waals surface area contributed by atoms with E-state index in [0.717, 1.165) is 31.6 Å². The van der Waals surface area contributed by atoms with Crippen molar-refractivity contribution >= 4 is 5.91 Å². The van der Waals surface area contributed by atoms with Gasteiger partial charge in [-0.1, -0.05) is 38.8 Å². The fourth-order valence-electron chi connectivity index (χ4n) is 3.66. The fraction of sp³-hybridized carbons (Fsp3) is 0.632. The summed E-state index contributed by atoms with van der Waals surface area (Å²) in [7, 11) is 1.71. The first-order valence-corrected chi connectivity index (χ1v) is 8.64. The number of rotatable bonds is 6. The van der Waals surface area contributed by atoms with E-state index in [4.69, 9.17) is 4.74 Å². The smallest absolute Gasteiger partial charge is 0.222 e. The molecule has 1 aromatic carbocycles. The lowest BCUT2D eigenvalue weighted by molar-refractivity contribution is -0.134. The average molecular weight is 303 g/mol. The lowest BCUT2D eigenvalue weighted by Gasteiger charge is -2.40. The van der Waals surface area contributed by atoms with Gasteiger partial charge in [-0.25, -0.2) is 0 Å². The van der Waals surface area contributed by atoms with Crippen molar-refractivity contribution in [2.45, 2.75) is 64.3 Å². The molecule has 2 rings (SSSR count). The van der Waals surface area contributed by atoms with Gasteiger partial charge < -0.3 is 9.64 Å². The molecule has 122 valence electrons. The van der Waals surface area contributed by atoms with E-state index < -0.39 is 0 Å². The van der Waals surface area contributed by atoms with Gasteiger partial charge in [0.05, 0.1) is 7.11 Å². The zero-order valence-corrected chi connectivity index (χ0v) is 14.2. The van der Waals surface area contributed by atoms with Gasteiger partial charge in [-0.2, -0.15) is 0 Å². The first-order valence-electron chi connectivity index (χ1n) is 8.64. The topological polar surface area (TPSA) is 29.5 Å². The maximum Gasteiger partial charge on any atom is 0.222 e. The molecule has 1 aromatic rings. The Hall–Kier alpha value is -1.51. The molecule has 0 saturated heterocycles. The molecule has 1 saturated carbocycles. The van der Waals surface area contributed by atoms with E-state index in [1.807, 2.05) is 13.0 Å². The maximum absolute atomic E-state index is 12.4. The molecule has 1 amide bonds. The number of carbonyl (C=O) groups excluding carboxylic acids is 1. The third kappa shape index (κ3) is 3.82. The van der Waals surface area contributed by atoms with Crippen molar-refractivity contribution in [3.63, 3.8) is 0 Å². The predicted octanol–water partition coefficient (Wildman–Crippen LogP) is 4.37. The number of ether oxygens (including phenoxy) is 1. The predicted molar refractivity (Wildman–Crippen MR) is 90.3 cm³/mol. The highest BCUT2D eigenvalue weighted by Crippen LogP contribution is 2.37. The minimum Gasteiger partial charge on any atom is -0.497 e. The highest BCUT2D eigenvalue weighted by molar-refractivity contribution is 5.76. The summed E-state index contributed by atoms with van der Waals surface area (Å²) in [5, 5.41) is 0. The SMILES string of the molecule is CCCN(C(=O)CC)[C@H]1CCCC[C@H]1c1cccc(OC)c1. The molecule has 0 spiro atoms. The Morgan fingerprint density at radius 3 is 2.73 bits per heavy atom. The van der Waals surface area contributed by atoms with Crippen LogP contribution >= 0.6 is 0 Å². The van der Waals surface area contributed by atoms with Crippen molar-refractivity contribution in [3.8, 4) is 5.75 Å². The Morgan fingerprint density at radius 1 is 1.27 bits per heavy atom. The minimum absolute atomic E-state index is 0.293. The molecular weight excluding hydrogens is 274 g/mol. The molecule has 2 atom stereocenters. The van der Waals surface area contributed by atoms with Crippen LogP contribution in [-0.4, -0.2) is 30.5 Å². The van der Waals surface area contributed by atoms with E-state index in [1.165, 1.54) is 18.4 Å². The Morgan fingerprint density at radius 2 is 2.05 bits per heavy atom. The first kappa shape index (κ1) is 16.9. The summed E-state index contributed by atoms with van der Waals surface area (Å²) in [6, 6.07) is 8.72. The minimum atomic E-state index is 0.293. The number of hydrogen-bond donors (Lipinski definition) is 0. The third-order valence-electron chi connectivity index (χ3n) is 4.74. The van der Waals surface area contributed by atoms with Crippen LogP contribution in [0, 0.1) is 0 Å². The second-order valence-electron chi connectivity index (χ2n) is 6.18. The molecule has 3 heteroatoms. The van der Waals surface area contributed by atoms with Gasteiger partial charge in [-0.3, -0.25) is 4.79 Å². The van der Waals surface area contributed by atoms with E-state index in [2.05, 4.69) is 30.0 Å². The van der Waals surface area contributed by atoms with Gasteiger partial charge in [-0.05, 0) is 37.0 Å². The normalized spacial score (nSPS) is 21.4. The van der Waals surface area contributed by atoms with E-state index in [0.29, 0.717) is 24.3 Å². The molecule has 0 aliphatic heterocycles. The lowest BCUT2D eigenvalue weighted by Crippen LogP contribution is -2.45. The van der Waals surface area contributed by atoms with Crippen LogP contribution in [-0.2, 0) is 4.79 Å². The van der Waals surface area contributed by atoms with Gasteiger partial charge in [-0.15, -0.1) is 0 Å². The molecule has 0 unspecified atom stereocenters. The van der Waals surface area contributed by atoms with Crippen molar-refractivity contribution in [2.24, 2.45) is 0 Å². The molecule has 22 heavy (non-hydrogen) atoms. The molecule has 0 heterocycles. The molecular formula is C19H29NO2. The van der Waals surface area contributed by atoms with Gasteiger partial charge in [0.25, 0.3) is 0 Å². The summed E-state index contributed by atoms with van der Waals surface area (Å²) >= 11 is 0. The van der Waals surface area contributed by atoms with Crippen molar-refractivity contribution in [1.82, 2.24) is 4.90 Å². The molecule has 0 aromatic heterocycles. The maximum atomic E-state index is 12.4. The number of benzene rings is 1. The average Bonchev–Trinajstić information content (AvgIpc) is 2.59. The zero-order valence-electron chi connectivity index (χ0n) is 14.2. The van der Waals surface area contributed by atoms with Crippen LogP contribution in [0.15, 0.2) is 24.3 Å². The summed E-state index contributed by atoms with van der Waals surface area (Å²) in [5.41, 5.74) is 1.31. The van der Waals surface area contributed by atoms with Crippen LogP contribution < -0.4 is 4.74 Å². The van der Waals surface area contributed by atoms with Crippen LogP contribution in [0.4, 0.5) is 0 Å². The van der Waals surface area contributed by atoms with E-state index in [1.54, 1.807) is 7.11 Å². The highest BCUT2D eigenvalue weighted by atomic mass is 16.5. The number of amides is 1. The Kier molecular flexibility index (Phi) is 6.29. The van der Waals surface area contributed by atoms with Crippen molar-refractivity contribution < 1.29 is 9.53 Å². The van der Waals surface area contributed by atoms with Crippen LogP contribution in [0.1, 0.15) is 63.9 Å². The quantitative estimate of drug-likeness (QED) is 0.781. The van der Waals surface area contributed by atoms with Crippen LogP contribution in [0.25, 0.3) is 0 Å². The van der Waals surface area contributed by atoms with E-state index in [-0.39, 0.29) is 0 Å². The molecule has 0 bridgehead atoms. The van der Waals surface area contributed by atoms with Gasteiger partial charge in [0.2, 0.25) is 5.91 Å². The summed E-state index contributed by atoms with van der Waals surface area (Å²) in [4.78, 5) is 14.5. The zero-order chi connectivity index (χ0) is 15.9. The third-order valence-corrected chi connectivity index (χ3v) is 4.74. The number of methoxy groups -OCH3 is 1. The molecule has 0 N–H and O–H groups in total. The Bertz CT molecular complexity index is 486. The summed E-state index contributed by atoms with van der Waals surface area (Å²) in [6.45, 7) is 4.99. The fourth-order valence-corrected chi connectivity index (χ4v) is 3.66. The van der Waals surface area contributed by atoms with Crippen LogP contribution in [0.3, 0.4) is 0 Å². The standard InChI is InChI=1S/C19H29NO2/c1-4-13-20(19(21)5-2)18-12-7-6-11-17(18)15-9-8-10-16(14-15)22-3/h8-10,14,17-18H,4-7,11-13H2,1-3H3/t17-,18-/m0/s1. The monoisotopic (exact) mass is 303 g/mol. The van der Waals surface area contributed by atoms with Crippen molar-refractivity contribution in [1.29, 1.82) is 0 Å². The Labute approximate surface area is 134 Å². The second kappa shape index (κ2) is 8.21. The molecule has 3 nitrogen and oxygen atoms in total.